The van der Waals surface area contributed by atoms with E-state index in [4.69, 9.17) is 0 Å². The number of benzene rings is 1. The quantitative estimate of drug-likeness (QED) is 0.677. The van der Waals surface area contributed by atoms with E-state index in [0.29, 0.717) is 12.0 Å². The Kier molecular flexibility index (Phi) is 6.00. The molecule has 0 N–H and O–H groups in total. The Labute approximate surface area is 137 Å². The largest absolute Gasteiger partial charge is 0.292 e. The van der Waals surface area contributed by atoms with E-state index < -0.39 is 0 Å². The summed E-state index contributed by atoms with van der Waals surface area (Å²) in [6, 6.07) is 8.29. The third-order valence-electron chi connectivity index (χ3n) is 4.38. The zero-order valence-electron chi connectivity index (χ0n) is 13.3. The molecule has 3 heteroatoms. The predicted octanol–water partition coefficient (Wildman–Crippen LogP) is 4.92. The fourth-order valence-corrected chi connectivity index (χ4v) is 3.55. The van der Waals surface area contributed by atoms with Gasteiger partial charge in [0, 0.05) is 22.6 Å². The fraction of sp³-hybridized carbons (Fsp3) is 0.611. The van der Waals surface area contributed by atoms with Crippen LogP contribution in [0.3, 0.4) is 0 Å². The molecule has 1 aliphatic carbocycles. The topological polar surface area (TPSA) is 20.3 Å². The highest BCUT2D eigenvalue weighted by molar-refractivity contribution is 9.10. The first kappa shape index (κ1) is 16.7. The molecular formula is C18H26BrNO. The Morgan fingerprint density at radius 2 is 1.76 bits per heavy atom. The average Bonchev–Trinajstić information content (AvgIpc) is 2.98. The molecule has 0 spiro atoms. The summed E-state index contributed by atoms with van der Waals surface area (Å²) in [5.74, 6) is 0.834. The lowest BCUT2D eigenvalue weighted by atomic mass is 10.0. The van der Waals surface area contributed by atoms with Gasteiger partial charge < -0.3 is 0 Å². The lowest BCUT2D eigenvalue weighted by Crippen LogP contribution is -2.46. The molecule has 1 aromatic carbocycles. The molecule has 1 saturated carbocycles. The van der Waals surface area contributed by atoms with Crippen LogP contribution in [0, 0.1) is 5.92 Å². The molecule has 2 rings (SSSR count). The summed E-state index contributed by atoms with van der Waals surface area (Å²) in [5, 5.41) is 0. The summed E-state index contributed by atoms with van der Waals surface area (Å²) < 4.78 is 1.02. The van der Waals surface area contributed by atoms with Gasteiger partial charge in [-0.3, -0.25) is 9.69 Å². The normalized spacial score (nSPS) is 17.6. The van der Waals surface area contributed by atoms with Crippen molar-refractivity contribution in [1.82, 2.24) is 4.90 Å². The van der Waals surface area contributed by atoms with Gasteiger partial charge in [0.15, 0.2) is 5.78 Å². The van der Waals surface area contributed by atoms with Crippen molar-refractivity contribution in [2.24, 2.45) is 5.92 Å². The summed E-state index contributed by atoms with van der Waals surface area (Å²) in [5.41, 5.74) is 0.817. The summed E-state index contributed by atoms with van der Waals surface area (Å²) >= 11 is 3.43. The summed E-state index contributed by atoms with van der Waals surface area (Å²) in [6.45, 7) is 7.55. The molecule has 1 fully saturated rings. The molecule has 1 aliphatic rings. The summed E-state index contributed by atoms with van der Waals surface area (Å²) in [6.07, 6.45) is 5.09. The van der Waals surface area contributed by atoms with Crippen LogP contribution in [0.15, 0.2) is 28.7 Å². The summed E-state index contributed by atoms with van der Waals surface area (Å²) in [4.78, 5) is 15.2. The molecule has 116 valence electrons. The molecular weight excluding hydrogens is 326 g/mol. The second kappa shape index (κ2) is 7.55. The number of carbonyl (C=O) groups excluding carboxylic acids is 1. The number of Topliss-reactive ketones (excluding diaryl/α,β-unsaturated/α-hetero) is 1. The van der Waals surface area contributed by atoms with E-state index >= 15 is 0 Å². The standard InChI is InChI=1S/C18H26BrNO/c1-13(2)12-20(17-6-4-5-7-17)14(3)18(21)15-8-10-16(19)11-9-15/h8-11,13-14,17H,4-7,12H2,1-3H3. The Morgan fingerprint density at radius 1 is 1.19 bits per heavy atom. The Morgan fingerprint density at radius 3 is 2.29 bits per heavy atom. The van der Waals surface area contributed by atoms with Crippen LogP contribution in [0.25, 0.3) is 0 Å². The Bertz CT molecular complexity index is 463. The highest BCUT2D eigenvalue weighted by atomic mass is 79.9. The van der Waals surface area contributed by atoms with Crippen molar-refractivity contribution < 1.29 is 4.79 Å². The lowest BCUT2D eigenvalue weighted by Gasteiger charge is -2.35. The molecule has 1 unspecified atom stereocenters. The van der Waals surface area contributed by atoms with Crippen LogP contribution >= 0.6 is 15.9 Å². The van der Waals surface area contributed by atoms with Gasteiger partial charge in [-0.1, -0.05) is 54.8 Å². The number of hydrogen-bond acceptors (Lipinski definition) is 2. The van der Waals surface area contributed by atoms with Crippen molar-refractivity contribution in [3.63, 3.8) is 0 Å². The van der Waals surface area contributed by atoms with Gasteiger partial charge in [0.05, 0.1) is 6.04 Å². The fourth-order valence-electron chi connectivity index (χ4n) is 3.29. The first-order chi connectivity index (χ1) is 9.99. The van der Waals surface area contributed by atoms with Gasteiger partial charge >= 0.3 is 0 Å². The molecule has 0 bridgehead atoms. The number of halogens is 1. The van der Waals surface area contributed by atoms with E-state index in [1.165, 1.54) is 25.7 Å². The highest BCUT2D eigenvalue weighted by Crippen LogP contribution is 2.27. The minimum atomic E-state index is -0.0309. The second-order valence-corrected chi connectivity index (χ2v) is 7.49. The van der Waals surface area contributed by atoms with Crippen molar-refractivity contribution in [3.8, 4) is 0 Å². The van der Waals surface area contributed by atoms with Gasteiger partial charge in [0.2, 0.25) is 0 Å². The number of carbonyl (C=O) groups is 1. The minimum Gasteiger partial charge on any atom is -0.292 e. The van der Waals surface area contributed by atoms with Crippen LogP contribution in [0.5, 0.6) is 0 Å². The predicted molar refractivity (Wildman–Crippen MR) is 91.7 cm³/mol. The highest BCUT2D eigenvalue weighted by Gasteiger charge is 2.30. The molecule has 1 atom stereocenters. The van der Waals surface area contributed by atoms with Crippen LogP contribution in [0.4, 0.5) is 0 Å². The monoisotopic (exact) mass is 351 g/mol. The van der Waals surface area contributed by atoms with Gasteiger partial charge in [-0.05, 0) is 37.8 Å². The van der Waals surface area contributed by atoms with Gasteiger partial charge in [-0.2, -0.15) is 0 Å². The van der Waals surface area contributed by atoms with Crippen molar-refractivity contribution in [3.05, 3.63) is 34.3 Å². The van der Waals surface area contributed by atoms with E-state index in [1.807, 2.05) is 24.3 Å². The lowest BCUT2D eigenvalue weighted by molar-refractivity contribution is 0.0731. The second-order valence-electron chi connectivity index (χ2n) is 6.58. The first-order valence-corrected chi connectivity index (χ1v) is 8.84. The Hall–Kier alpha value is -0.670. The van der Waals surface area contributed by atoms with Crippen LogP contribution < -0.4 is 0 Å². The van der Waals surface area contributed by atoms with Gasteiger partial charge in [-0.15, -0.1) is 0 Å². The molecule has 0 amide bonds. The number of ketones is 1. The van der Waals surface area contributed by atoms with E-state index in [0.717, 1.165) is 16.6 Å². The average molecular weight is 352 g/mol. The molecule has 0 aromatic heterocycles. The van der Waals surface area contributed by atoms with Crippen LogP contribution in [0.1, 0.15) is 56.8 Å². The molecule has 0 heterocycles. The van der Waals surface area contributed by atoms with E-state index in [-0.39, 0.29) is 11.8 Å². The summed E-state index contributed by atoms with van der Waals surface area (Å²) in [7, 11) is 0. The van der Waals surface area contributed by atoms with Gasteiger partial charge in [-0.25, -0.2) is 0 Å². The maximum Gasteiger partial charge on any atom is 0.179 e. The van der Waals surface area contributed by atoms with E-state index in [1.54, 1.807) is 0 Å². The van der Waals surface area contributed by atoms with E-state index in [9.17, 15) is 4.79 Å². The molecule has 1 aromatic rings. The van der Waals surface area contributed by atoms with Gasteiger partial charge in [0.1, 0.15) is 0 Å². The van der Waals surface area contributed by atoms with Crippen molar-refractivity contribution in [2.45, 2.75) is 58.5 Å². The zero-order valence-corrected chi connectivity index (χ0v) is 14.9. The molecule has 0 saturated heterocycles. The Balaban J connectivity index is 2.14. The SMILES string of the molecule is CC(C)CN(C1CCCC1)C(C)C(=O)c1ccc(Br)cc1. The third kappa shape index (κ3) is 4.40. The molecule has 21 heavy (non-hydrogen) atoms. The van der Waals surface area contributed by atoms with Crippen LogP contribution in [0.2, 0.25) is 0 Å². The minimum absolute atomic E-state index is 0.0309. The molecule has 0 radical (unpaired) electrons. The third-order valence-corrected chi connectivity index (χ3v) is 4.90. The van der Waals surface area contributed by atoms with Crippen LogP contribution in [-0.2, 0) is 0 Å². The molecule has 0 aliphatic heterocycles. The van der Waals surface area contributed by atoms with Crippen molar-refractivity contribution in [1.29, 1.82) is 0 Å². The maximum atomic E-state index is 12.8. The van der Waals surface area contributed by atoms with Gasteiger partial charge in [0.25, 0.3) is 0 Å². The molecule has 2 nitrogen and oxygen atoms in total. The smallest absolute Gasteiger partial charge is 0.179 e. The van der Waals surface area contributed by atoms with Crippen molar-refractivity contribution >= 4 is 21.7 Å². The van der Waals surface area contributed by atoms with Crippen LogP contribution in [-0.4, -0.2) is 29.3 Å². The maximum absolute atomic E-state index is 12.8. The first-order valence-electron chi connectivity index (χ1n) is 8.04. The number of nitrogens with zero attached hydrogens (tertiary/aromatic N) is 1. The van der Waals surface area contributed by atoms with E-state index in [2.05, 4.69) is 41.6 Å². The number of hydrogen-bond donors (Lipinski definition) is 0. The number of rotatable bonds is 6. The zero-order chi connectivity index (χ0) is 15.4. The van der Waals surface area contributed by atoms with Crippen molar-refractivity contribution in [2.75, 3.05) is 6.54 Å².